The maximum Gasteiger partial charge on any atom is 0.125 e. The van der Waals surface area contributed by atoms with Crippen LogP contribution in [0.4, 0.5) is 0 Å². The second-order valence-corrected chi connectivity index (χ2v) is 4.93. The van der Waals surface area contributed by atoms with Crippen LogP contribution in [0.2, 0.25) is 0 Å². The van der Waals surface area contributed by atoms with Crippen LogP contribution in [0.1, 0.15) is 18.4 Å². The van der Waals surface area contributed by atoms with Crippen molar-refractivity contribution in [2.24, 2.45) is 0 Å². The normalized spacial score (nSPS) is 19.2. The number of rotatable bonds is 6. The van der Waals surface area contributed by atoms with Gasteiger partial charge in [0.15, 0.2) is 0 Å². The van der Waals surface area contributed by atoms with Crippen molar-refractivity contribution in [2.75, 3.05) is 33.9 Å². The Morgan fingerprint density at radius 2 is 2.21 bits per heavy atom. The van der Waals surface area contributed by atoms with Crippen molar-refractivity contribution < 1.29 is 9.47 Å². The fourth-order valence-corrected chi connectivity index (χ4v) is 2.50. The summed E-state index contributed by atoms with van der Waals surface area (Å²) < 4.78 is 10.6. The van der Waals surface area contributed by atoms with Gasteiger partial charge in [0.2, 0.25) is 0 Å². The molecule has 0 aromatic heterocycles. The zero-order chi connectivity index (χ0) is 13.5. The van der Waals surface area contributed by atoms with E-state index in [4.69, 9.17) is 9.47 Å². The van der Waals surface area contributed by atoms with Gasteiger partial charge in [-0.25, -0.2) is 0 Å². The Kier molecular flexibility index (Phi) is 5.48. The monoisotopic (exact) mass is 264 g/mol. The van der Waals surface area contributed by atoms with Crippen LogP contribution in [-0.4, -0.2) is 39.9 Å². The molecule has 1 heterocycles. The van der Waals surface area contributed by atoms with E-state index in [2.05, 4.69) is 16.7 Å². The number of piperidine rings is 1. The van der Waals surface area contributed by atoms with Gasteiger partial charge in [-0.05, 0) is 44.0 Å². The van der Waals surface area contributed by atoms with E-state index in [-0.39, 0.29) is 0 Å². The van der Waals surface area contributed by atoms with Crippen molar-refractivity contribution >= 4 is 0 Å². The second-order valence-electron chi connectivity index (χ2n) is 4.93. The molecule has 4 nitrogen and oxygen atoms in total. The number of ether oxygens (including phenoxy) is 2. The first-order valence-corrected chi connectivity index (χ1v) is 6.98. The fraction of sp³-hybridized carbons (Fsp3) is 0.600. The van der Waals surface area contributed by atoms with Gasteiger partial charge in [-0.15, -0.1) is 0 Å². The third-order valence-electron chi connectivity index (χ3n) is 3.62. The number of hydrogen-bond acceptors (Lipinski definition) is 4. The van der Waals surface area contributed by atoms with Crippen LogP contribution in [0.25, 0.3) is 0 Å². The average Bonchev–Trinajstić information content (AvgIpc) is 2.48. The summed E-state index contributed by atoms with van der Waals surface area (Å²) in [6, 6.07) is 6.62. The first-order chi connectivity index (χ1) is 9.33. The number of methoxy groups -OCH3 is 2. The lowest BCUT2D eigenvalue weighted by Crippen LogP contribution is -2.43. The van der Waals surface area contributed by atoms with Crippen molar-refractivity contribution in [1.82, 2.24) is 10.6 Å². The molecule has 2 N–H and O–H groups in total. The summed E-state index contributed by atoms with van der Waals surface area (Å²) in [7, 11) is 3.38. The highest BCUT2D eigenvalue weighted by Crippen LogP contribution is 2.24. The van der Waals surface area contributed by atoms with Crippen LogP contribution >= 0.6 is 0 Å². The van der Waals surface area contributed by atoms with Gasteiger partial charge >= 0.3 is 0 Å². The molecule has 1 aromatic carbocycles. The summed E-state index contributed by atoms with van der Waals surface area (Å²) in [5.41, 5.74) is 1.22. The van der Waals surface area contributed by atoms with Crippen LogP contribution in [-0.2, 0) is 6.42 Å². The molecule has 106 valence electrons. The third kappa shape index (κ3) is 4.11. The predicted octanol–water partition coefficient (Wildman–Crippen LogP) is 1.59. The predicted molar refractivity (Wildman–Crippen MR) is 77.1 cm³/mol. The molecule has 0 aliphatic carbocycles. The van der Waals surface area contributed by atoms with Crippen molar-refractivity contribution in [1.29, 1.82) is 0 Å². The van der Waals surface area contributed by atoms with Crippen molar-refractivity contribution in [3.63, 3.8) is 0 Å². The van der Waals surface area contributed by atoms with Crippen LogP contribution in [0.15, 0.2) is 18.2 Å². The van der Waals surface area contributed by atoms with Gasteiger partial charge in [0.05, 0.1) is 14.2 Å². The Morgan fingerprint density at radius 1 is 1.32 bits per heavy atom. The second kappa shape index (κ2) is 7.36. The van der Waals surface area contributed by atoms with E-state index in [1.54, 1.807) is 14.2 Å². The maximum atomic E-state index is 5.41. The summed E-state index contributed by atoms with van der Waals surface area (Å²) >= 11 is 0. The molecule has 0 amide bonds. The number of hydrogen-bond donors (Lipinski definition) is 2. The van der Waals surface area contributed by atoms with Gasteiger partial charge < -0.3 is 20.1 Å². The first kappa shape index (κ1) is 14.2. The zero-order valence-electron chi connectivity index (χ0n) is 11.9. The topological polar surface area (TPSA) is 42.5 Å². The Hall–Kier alpha value is -1.26. The Morgan fingerprint density at radius 3 is 2.89 bits per heavy atom. The van der Waals surface area contributed by atoms with E-state index in [0.29, 0.717) is 6.04 Å². The summed E-state index contributed by atoms with van der Waals surface area (Å²) in [5.74, 6) is 1.74. The minimum Gasteiger partial charge on any atom is -0.497 e. The van der Waals surface area contributed by atoms with E-state index >= 15 is 0 Å². The molecular formula is C15H24N2O2. The Balaban J connectivity index is 1.84. The third-order valence-corrected chi connectivity index (χ3v) is 3.62. The summed E-state index contributed by atoms with van der Waals surface area (Å²) in [6.07, 6.45) is 3.51. The van der Waals surface area contributed by atoms with Crippen LogP contribution < -0.4 is 20.1 Å². The van der Waals surface area contributed by atoms with E-state index in [1.807, 2.05) is 12.1 Å². The van der Waals surface area contributed by atoms with Gasteiger partial charge in [0, 0.05) is 18.7 Å². The molecule has 0 radical (unpaired) electrons. The van der Waals surface area contributed by atoms with E-state index < -0.39 is 0 Å². The largest absolute Gasteiger partial charge is 0.497 e. The highest BCUT2D eigenvalue weighted by atomic mass is 16.5. The Labute approximate surface area is 115 Å². The lowest BCUT2D eigenvalue weighted by Gasteiger charge is -2.24. The summed E-state index contributed by atoms with van der Waals surface area (Å²) in [4.78, 5) is 0. The van der Waals surface area contributed by atoms with Crippen LogP contribution in [0.5, 0.6) is 11.5 Å². The molecule has 1 aromatic rings. The van der Waals surface area contributed by atoms with Gasteiger partial charge in [-0.2, -0.15) is 0 Å². The number of nitrogens with one attached hydrogen (secondary N) is 2. The smallest absolute Gasteiger partial charge is 0.125 e. The van der Waals surface area contributed by atoms with E-state index in [9.17, 15) is 0 Å². The molecule has 1 atom stereocenters. The Bertz CT molecular complexity index is 390. The van der Waals surface area contributed by atoms with Crippen molar-refractivity contribution in [3.05, 3.63) is 23.8 Å². The lowest BCUT2D eigenvalue weighted by atomic mass is 10.1. The molecule has 1 unspecified atom stereocenters. The van der Waals surface area contributed by atoms with Crippen LogP contribution in [0, 0.1) is 0 Å². The molecule has 0 saturated carbocycles. The highest BCUT2D eigenvalue weighted by Gasteiger charge is 2.12. The standard InChI is InChI=1S/C15H24N2O2/c1-18-14-6-5-12(15(10-14)19-2)7-9-17-13-4-3-8-16-11-13/h5-6,10,13,16-17H,3-4,7-9,11H2,1-2H3. The fourth-order valence-electron chi connectivity index (χ4n) is 2.50. The van der Waals surface area contributed by atoms with Gasteiger partial charge in [-0.3, -0.25) is 0 Å². The molecule has 1 saturated heterocycles. The van der Waals surface area contributed by atoms with Gasteiger partial charge in [0.1, 0.15) is 11.5 Å². The molecular weight excluding hydrogens is 240 g/mol. The zero-order valence-corrected chi connectivity index (χ0v) is 11.9. The molecule has 4 heteroatoms. The van der Waals surface area contributed by atoms with Crippen LogP contribution in [0.3, 0.4) is 0 Å². The minimum absolute atomic E-state index is 0.609. The van der Waals surface area contributed by atoms with Gasteiger partial charge in [-0.1, -0.05) is 6.07 Å². The molecule has 0 spiro atoms. The molecule has 1 aliphatic rings. The minimum atomic E-state index is 0.609. The molecule has 2 rings (SSSR count). The molecule has 0 bridgehead atoms. The van der Waals surface area contributed by atoms with Crippen molar-refractivity contribution in [3.8, 4) is 11.5 Å². The van der Waals surface area contributed by atoms with E-state index in [0.717, 1.165) is 37.6 Å². The average molecular weight is 264 g/mol. The SMILES string of the molecule is COc1ccc(CCNC2CCCNC2)c(OC)c1. The molecule has 1 fully saturated rings. The summed E-state index contributed by atoms with van der Waals surface area (Å²) in [6.45, 7) is 3.22. The van der Waals surface area contributed by atoms with E-state index in [1.165, 1.54) is 18.4 Å². The quantitative estimate of drug-likeness (QED) is 0.819. The lowest BCUT2D eigenvalue weighted by molar-refractivity contribution is 0.382. The first-order valence-electron chi connectivity index (χ1n) is 6.98. The van der Waals surface area contributed by atoms with Gasteiger partial charge in [0.25, 0.3) is 0 Å². The summed E-state index contributed by atoms with van der Waals surface area (Å²) in [5, 5.41) is 7.02. The number of benzene rings is 1. The molecule has 1 aliphatic heterocycles. The molecule has 19 heavy (non-hydrogen) atoms. The van der Waals surface area contributed by atoms with Crippen molar-refractivity contribution in [2.45, 2.75) is 25.3 Å². The highest BCUT2D eigenvalue weighted by molar-refractivity contribution is 5.40. The maximum absolute atomic E-state index is 5.41.